The lowest BCUT2D eigenvalue weighted by Crippen LogP contribution is -2.32. The van der Waals surface area contributed by atoms with Crippen LogP contribution in [0.5, 0.6) is 0 Å². The first-order valence-corrected chi connectivity index (χ1v) is 20.8. The predicted octanol–water partition coefficient (Wildman–Crippen LogP) is 15.6. The normalized spacial score (nSPS) is 16.0. The van der Waals surface area contributed by atoms with Gasteiger partial charge in [0.2, 0.25) is 0 Å². The molecule has 0 radical (unpaired) electrons. The van der Waals surface area contributed by atoms with Gasteiger partial charge >= 0.3 is 0 Å². The van der Waals surface area contributed by atoms with Crippen molar-refractivity contribution in [2.75, 3.05) is 9.80 Å². The van der Waals surface area contributed by atoms with Gasteiger partial charge in [-0.25, -0.2) is 0 Å². The van der Waals surface area contributed by atoms with E-state index in [0.717, 1.165) is 17.1 Å². The van der Waals surface area contributed by atoms with Crippen LogP contribution in [0.1, 0.15) is 37.2 Å². The molecule has 9 aromatic carbocycles. The molecule has 1 fully saturated rings. The smallest absolute Gasteiger partial charge is 0.0463 e. The fourth-order valence-electron chi connectivity index (χ4n) is 10.1. The minimum Gasteiger partial charge on any atom is -0.338 e. The standard InChI is InChI=1S/C56H44N2/c1-3-15-39(16-4-1)40-27-31-43(32-28-40)57(45-35-37-46(38-36-45)58-53-25-13-11-19-47(53)48-20-12-14-26-54(48)58)44-33-29-42(30-34-44)56-51-23-9-7-21-49(51)55(41-17-5-2-6-18-41)50-22-8-10-24-52(50)56/h1-11,13,15-19,21-25,27-38,48,54H,12,14,20,26H2. The second-order valence-corrected chi connectivity index (χ2v) is 15.9. The Morgan fingerprint density at radius 3 is 1.34 bits per heavy atom. The van der Waals surface area contributed by atoms with Crippen molar-refractivity contribution in [2.24, 2.45) is 0 Å². The number of benzene rings is 9. The fraction of sp³-hybridized carbons (Fsp3) is 0.107. The van der Waals surface area contributed by atoms with Gasteiger partial charge in [-0.1, -0.05) is 165 Å². The van der Waals surface area contributed by atoms with E-state index >= 15 is 0 Å². The second kappa shape index (κ2) is 14.6. The van der Waals surface area contributed by atoms with Crippen LogP contribution in [0.3, 0.4) is 0 Å². The zero-order valence-corrected chi connectivity index (χ0v) is 32.5. The summed E-state index contributed by atoms with van der Waals surface area (Å²) in [5, 5.41) is 5.07. The Morgan fingerprint density at radius 2 is 0.776 bits per heavy atom. The molecule has 0 N–H and O–H groups in total. The highest BCUT2D eigenvalue weighted by atomic mass is 15.2. The molecule has 0 saturated heterocycles. The van der Waals surface area contributed by atoms with Gasteiger partial charge in [-0.15, -0.1) is 0 Å². The van der Waals surface area contributed by atoms with Gasteiger partial charge in [0.15, 0.2) is 0 Å². The van der Waals surface area contributed by atoms with E-state index in [1.54, 1.807) is 0 Å². The third-order valence-corrected chi connectivity index (χ3v) is 12.7. The van der Waals surface area contributed by atoms with Gasteiger partial charge in [-0.2, -0.15) is 0 Å². The van der Waals surface area contributed by atoms with Gasteiger partial charge in [-0.05, 0) is 128 Å². The molecule has 2 atom stereocenters. The van der Waals surface area contributed by atoms with Crippen molar-refractivity contribution in [1.29, 1.82) is 0 Å². The summed E-state index contributed by atoms with van der Waals surface area (Å²) in [6, 6.07) is 76.5. The summed E-state index contributed by atoms with van der Waals surface area (Å²) in [4.78, 5) is 5.03. The Hall–Kier alpha value is -6.90. The lowest BCUT2D eigenvalue weighted by Gasteiger charge is -2.34. The third-order valence-electron chi connectivity index (χ3n) is 12.7. The predicted molar refractivity (Wildman–Crippen MR) is 246 cm³/mol. The highest BCUT2D eigenvalue weighted by molar-refractivity contribution is 6.21. The van der Waals surface area contributed by atoms with Crippen LogP contribution in [0.25, 0.3) is 54.9 Å². The monoisotopic (exact) mass is 744 g/mol. The molecule has 2 heteroatoms. The molecule has 1 saturated carbocycles. The molecule has 0 spiro atoms. The maximum absolute atomic E-state index is 2.63. The van der Waals surface area contributed by atoms with E-state index in [0.29, 0.717) is 12.0 Å². The summed E-state index contributed by atoms with van der Waals surface area (Å²) in [6.45, 7) is 0. The maximum Gasteiger partial charge on any atom is 0.0463 e. The second-order valence-electron chi connectivity index (χ2n) is 15.9. The molecule has 2 aliphatic rings. The number of fused-ring (bicyclic) bond motifs is 5. The lowest BCUT2D eigenvalue weighted by atomic mass is 9.82. The zero-order valence-electron chi connectivity index (χ0n) is 32.5. The van der Waals surface area contributed by atoms with Crippen molar-refractivity contribution in [1.82, 2.24) is 0 Å². The van der Waals surface area contributed by atoms with E-state index in [4.69, 9.17) is 0 Å². The Labute approximate surface area is 341 Å². The van der Waals surface area contributed by atoms with E-state index in [9.17, 15) is 0 Å². The van der Waals surface area contributed by atoms with Gasteiger partial charge in [0.25, 0.3) is 0 Å². The Morgan fingerprint density at radius 1 is 0.362 bits per heavy atom. The van der Waals surface area contributed by atoms with Crippen molar-refractivity contribution >= 4 is 50.0 Å². The lowest BCUT2D eigenvalue weighted by molar-refractivity contribution is 0.402. The van der Waals surface area contributed by atoms with Gasteiger partial charge in [0.05, 0.1) is 0 Å². The quantitative estimate of drug-likeness (QED) is 0.150. The average molecular weight is 745 g/mol. The Kier molecular flexibility index (Phi) is 8.62. The van der Waals surface area contributed by atoms with E-state index in [1.807, 2.05) is 0 Å². The fourth-order valence-corrected chi connectivity index (χ4v) is 10.1. The molecule has 58 heavy (non-hydrogen) atoms. The highest BCUT2D eigenvalue weighted by Gasteiger charge is 2.40. The summed E-state index contributed by atoms with van der Waals surface area (Å²) < 4.78 is 0. The van der Waals surface area contributed by atoms with Crippen LogP contribution in [0.15, 0.2) is 206 Å². The van der Waals surface area contributed by atoms with Crippen molar-refractivity contribution < 1.29 is 0 Å². The Bertz CT molecular complexity index is 2820. The Balaban J connectivity index is 1.01. The van der Waals surface area contributed by atoms with Gasteiger partial charge < -0.3 is 9.80 Å². The van der Waals surface area contributed by atoms with Crippen LogP contribution in [-0.2, 0) is 0 Å². The zero-order chi connectivity index (χ0) is 38.4. The van der Waals surface area contributed by atoms with Crippen LogP contribution in [0, 0.1) is 0 Å². The first-order chi connectivity index (χ1) is 28.8. The van der Waals surface area contributed by atoms with Crippen molar-refractivity contribution in [3.05, 3.63) is 212 Å². The highest BCUT2D eigenvalue weighted by Crippen LogP contribution is 2.51. The van der Waals surface area contributed by atoms with Crippen LogP contribution in [0.2, 0.25) is 0 Å². The molecular formula is C56H44N2. The maximum atomic E-state index is 2.63. The molecule has 0 bridgehead atoms. The van der Waals surface area contributed by atoms with Gasteiger partial charge in [0.1, 0.15) is 0 Å². The number of para-hydroxylation sites is 1. The topological polar surface area (TPSA) is 6.48 Å². The number of nitrogens with zero attached hydrogens (tertiary/aromatic N) is 2. The summed E-state index contributed by atoms with van der Waals surface area (Å²) in [5.41, 5.74) is 15.0. The summed E-state index contributed by atoms with van der Waals surface area (Å²) in [6.07, 6.45) is 5.15. The molecule has 278 valence electrons. The summed E-state index contributed by atoms with van der Waals surface area (Å²) in [5.74, 6) is 0.617. The molecule has 9 aromatic rings. The van der Waals surface area contributed by atoms with Crippen molar-refractivity contribution in [3.8, 4) is 33.4 Å². The van der Waals surface area contributed by atoms with Crippen LogP contribution < -0.4 is 9.80 Å². The van der Waals surface area contributed by atoms with Gasteiger partial charge in [0, 0.05) is 40.4 Å². The summed E-state index contributed by atoms with van der Waals surface area (Å²) in [7, 11) is 0. The molecule has 0 amide bonds. The number of anilines is 5. The van der Waals surface area contributed by atoms with Crippen molar-refractivity contribution in [3.63, 3.8) is 0 Å². The molecule has 1 aliphatic carbocycles. The largest absolute Gasteiger partial charge is 0.338 e. The molecule has 11 rings (SSSR count). The van der Waals surface area contributed by atoms with Crippen LogP contribution in [0.4, 0.5) is 28.4 Å². The minimum atomic E-state index is 0.528. The van der Waals surface area contributed by atoms with Crippen LogP contribution >= 0.6 is 0 Å². The molecule has 2 nitrogen and oxygen atoms in total. The van der Waals surface area contributed by atoms with Gasteiger partial charge in [-0.3, -0.25) is 0 Å². The third kappa shape index (κ3) is 5.87. The molecule has 0 aromatic heterocycles. The van der Waals surface area contributed by atoms with E-state index in [2.05, 4.69) is 216 Å². The van der Waals surface area contributed by atoms with E-state index in [1.165, 1.54) is 97.5 Å². The molecule has 1 aliphatic heterocycles. The SMILES string of the molecule is c1ccc(-c2ccc(N(c3ccc(-c4c5ccccc5c(-c5ccccc5)c5ccccc45)cc3)c3ccc(N4c5ccccc5C5CCCCC54)cc3)cc2)cc1. The number of hydrogen-bond acceptors (Lipinski definition) is 2. The molecule has 1 heterocycles. The average Bonchev–Trinajstić information content (AvgIpc) is 3.64. The number of rotatable bonds is 7. The van der Waals surface area contributed by atoms with Crippen molar-refractivity contribution in [2.45, 2.75) is 37.6 Å². The van der Waals surface area contributed by atoms with Crippen LogP contribution in [-0.4, -0.2) is 6.04 Å². The first kappa shape index (κ1) is 34.4. The summed E-state index contributed by atoms with van der Waals surface area (Å²) >= 11 is 0. The number of hydrogen-bond donors (Lipinski definition) is 0. The molecule has 2 unspecified atom stereocenters. The minimum absolute atomic E-state index is 0.528. The van der Waals surface area contributed by atoms with E-state index < -0.39 is 0 Å². The van der Waals surface area contributed by atoms with E-state index in [-0.39, 0.29) is 0 Å². The molecular weight excluding hydrogens is 701 g/mol. The first-order valence-electron chi connectivity index (χ1n) is 20.8.